The van der Waals surface area contributed by atoms with E-state index in [0.29, 0.717) is 19.8 Å². The Morgan fingerprint density at radius 3 is 3.16 bits per heavy atom. The van der Waals surface area contributed by atoms with Crippen LogP contribution in [0.3, 0.4) is 0 Å². The van der Waals surface area contributed by atoms with E-state index < -0.39 is 5.41 Å². The van der Waals surface area contributed by atoms with E-state index in [1.165, 1.54) is 5.56 Å². The van der Waals surface area contributed by atoms with E-state index in [4.69, 9.17) is 4.74 Å². The smallest absolute Gasteiger partial charge is 0.237 e. The summed E-state index contributed by atoms with van der Waals surface area (Å²) in [5.74, 6) is 1.17. The first kappa shape index (κ1) is 13.1. The number of hydrogen-bond donors (Lipinski definition) is 0. The van der Waals surface area contributed by atoms with Crippen molar-refractivity contribution >= 4 is 27.7 Å². The zero-order valence-electron chi connectivity index (χ0n) is 11.1. The van der Waals surface area contributed by atoms with Crippen molar-refractivity contribution in [2.45, 2.75) is 26.2 Å². The SMILES string of the molecule is CCN1C(=O)C2(C)COCCC2c2cc(Br)cnc21. The minimum Gasteiger partial charge on any atom is -0.380 e. The van der Waals surface area contributed by atoms with Gasteiger partial charge in [-0.3, -0.25) is 9.69 Å². The molecule has 3 heterocycles. The number of fused-ring (bicyclic) bond motifs is 3. The van der Waals surface area contributed by atoms with Crippen molar-refractivity contribution in [3.63, 3.8) is 0 Å². The largest absolute Gasteiger partial charge is 0.380 e. The van der Waals surface area contributed by atoms with Gasteiger partial charge in [0.1, 0.15) is 5.82 Å². The maximum absolute atomic E-state index is 12.8. The predicted molar refractivity (Wildman–Crippen MR) is 76.2 cm³/mol. The Hall–Kier alpha value is -0.940. The molecule has 5 heteroatoms. The third-order valence-corrected chi connectivity index (χ3v) is 4.70. The molecule has 1 amide bonds. The quantitative estimate of drug-likeness (QED) is 0.797. The molecule has 4 nitrogen and oxygen atoms in total. The molecule has 1 aromatic heterocycles. The van der Waals surface area contributed by atoms with Crippen LogP contribution < -0.4 is 4.90 Å². The summed E-state index contributed by atoms with van der Waals surface area (Å²) in [6, 6.07) is 2.10. The summed E-state index contributed by atoms with van der Waals surface area (Å²) in [5.41, 5.74) is 0.714. The Labute approximate surface area is 121 Å². The van der Waals surface area contributed by atoms with Crippen LogP contribution in [0, 0.1) is 5.41 Å². The summed E-state index contributed by atoms with van der Waals surface area (Å²) in [5, 5.41) is 0. The second-order valence-electron chi connectivity index (χ2n) is 5.43. The zero-order chi connectivity index (χ0) is 13.6. The average molecular weight is 325 g/mol. The highest BCUT2D eigenvalue weighted by Crippen LogP contribution is 2.50. The fraction of sp³-hybridized carbons (Fsp3) is 0.571. The lowest BCUT2D eigenvalue weighted by molar-refractivity contribution is -0.137. The maximum Gasteiger partial charge on any atom is 0.237 e. The third-order valence-electron chi connectivity index (χ3n) is 4.26. The summed E-state index contributed by atoms with van der Waals surface area (Å²) in [7, 11) is 0. The lowest BCUT2D eigenvalue weighted by atomic mass is 9.68. The number of rotatable bonds is 1. The molecule has 2 atom stereocenters. The molecule has 0 bridgehead atoms. The summed E-state index contributed by atoms with van der Waals surface area (Å²) >= 11 is 3.48. The van der Waals surface area contributed by atoms with E-state index in [2.05, 4.69) is 27.0 Å². The van der Waals surface area contributed by atoms with Crippen molar-refractivity contribution in [1.29, 1.82) is 0 Å². The van der Waals surface area contributed by atoms with Gasteiger partial charge in [-0.15, -0.1) is 0 Å². The summed E-state index contributed by atoms with van der Waals surface area (Å²) in [4.78, 5) is 19.0. The van der Waals surface area contributed by atoms with E-state index in [1.807, 2.05) is 13.8 Å². The number of carbonyl (C=O) groups excluding carboxylic acids is 1. The van der Waals surface area contributed by atoms with Gasteiger partial charge >= 0.3 is 0 Å². The topological polar surface area (TPSA) is 42.4 Å². The molecular formula is C14H17BrN2O2. The first-order valence-electron chi connectivity index (χ1n) is 6.63. The van der Waals surface area contributed by atoms with Gasteiger partial charge in [0, 0.05) is 35.3 Å². The number of anilines is 1. The Kier molecular flexibility index (Phi) is 3.14. The molecule has 0 spiro atoms. The summed E-state index contributed by atoms with van der Waals surface area (Å²) < 4.78 is 6.53. The van der Waals surface area contributed by atoms with Crippen molar-refractivity contribution in [2.75, 3.05) is 24.7 Å². The Balaban J connectivity index is 2.19. The first-order valence-corrected chi connectivity index (χ1v) is 7.42. The average Bonchev–Trinajstić information content (AvgIpc) is 2.40. The number of aromatic nitrogens is 1. The summed E-state index contributed by atoms with van der Waals surface area (Å²) in [6.07, 6.45) is 2.64. The molecule has 1 fully saturated rings. The number of amides is 1. The van der Waals surface area contributed by atoms with Crippen LogP contribution in [-0.4, -0.2) is 30.6 Å². The second-order valence-corrected chi connectivity index (χ2v) is 6.34. The number of ether oxygens (including phenoxy) is 1. The number of hydrogen-bond acceptors (Lipinski definition) is 3. The highest BCUT2D eigenvalue weighted by Gasteiger charge is 2.51. The van der Waals surface area contributed by atoms with Crippen molar-refractivity contribution in [3.05, 3.63) is 22.3 Å². The molecule has 1 aromatic rings. The molecule has 1 saturated heterocycles. The Morgan fingerprint density at radius 1 is 1.63 bits per heavy atom. The molecule has 3 rings (SSSR count). The highest BCUT2D eigenvalue weighted by molar-refractivity contribution is 9.10. The molecule has 2 aliphatic rings. The molecule has 0 saturated carbocycles. The van der Waals surface area contributed by atoms with Crippen molar-refractivity contribution < 1.29 is 9.53 Å². The van der Waals surface area contributed by atoms with Crippen LogP contribution in [-0.2, 0) is 9.53 Å². The normalized spacial score (nSPS) is 29.9. The number of halogens is 1. The highest BCUT2D eigenvalue weighted by atomic mass is 79.9. The van der Waals surface area contributed by atoms with Crippen LogP contribution in [0.1, 0.15) is 31.7 Å². The van der Waals surface area contributed by atoms with Gasteiger partial charge in [-0.1, -0.05) is 0 Å². The van der Waals surface area contributed by atoms with Crippen molar-refractivity contribution in [2.24, 2.45) is 5.41 Å². The van der Waals surface area contributed by atoms with Gasteiger partial charge in [0.15, 0.2) is 0 Å². The van der Waals surface area contributed by atoms with Crippen LogP contribution in [0.15, 0.2) is 16.7 Å². The predicted octanol–water partition coefficient (Wildman–Crippen LogP) is 2.72. The molecular weight excluding hydrogens is 308 g/mol. The van der Waals surface area contributed by atoms with E-state index in [9.17, 15) is 4.79 Å². The number of nitrogens with zero attached hydrogens (tertiary/aromatic N) is 2. The Morgan fingerprint density at radius 2 is 2.42 bits per heavy atom. The summed E-state index contributed by atoms with van der Waals surface area (Å²) in [6.45, 7) is 5.86. The van der Waals surface area contributed by atoms with E-state index >= 15 is 0 Å². The van der Waals surface area contributed by atoms with Gasteiger partial charge in [0.25, 0.3) is 0 Å². The first-order chi connectivity index (χ1) is 9.08. The van der Waals surface area contributed by atoms with E-state index in [0.717, 1.165) is 16.7 Å². The second kappa shape index (κ2) is 4.56. The van der Waals surface area contributed by atoms with E-state index in [-0.39, 0.29) is 11.8 Å². The number of pyridine rings is 1. The van der Waals surface area contributed by atoms with E-state index in [1.54, 1.807) is 11.1 Å². The van der Waals surface area contributed by atoms with Crippen LogP contribution in [0.5, 0.6) is 0 Å². The number of carbonyl (C=O) groups is 1. The third kappa shape index (κ3) is 1.82. The van der Waals surface area contributed by atoms with Crippen molar-refractivity contribution in [1.82, 2.24) is 4.98 Å². The molecule has 0 aromatic carbocycles. The van der Waals surface area contributed by atoms with Crippen LogP contribution in [0.4, 0.5) is 5.82 Å². The fourth-order valence-electron chi connectivity index (χ4n) is 3.24. The van der Waals surface area contributed by atoms with Crippen LogP contribution >= 0.6 is 15.9 Å². The van der Waals surface area contributed by atoms with Gasteiger partial charge < -0.3 is 4.74 Å². The monoisotopic (exact) mass is 324 g/mol. The molecule has 0 radical (unpaired) electrons. The van der Waals surface area contributed by atoms with Crippen molar-refractivity contribution in [3.8, 4) is 0 Å². The molecule has 2 aliphatic heterocycles. The lowest BCUT2D eigenvalue weighted by Gasteiger charge is -2.47. The van der Waals surface area contributed by atoms with Gasteiger partial charge in [0.2, 0.25) is 5.91 Å². The van der Waals surface area contributed by atoms with Crippen LogP contribution in [0.25, 0.3) is 0 Å². The minimum absolute atomic E-state index is 0.141. The van der Waals surface area contributed by atoms with Gasteiger partial charge in [-0.05, 0) is 42.3 Å². The minimum atomic E-state index is -0.455. The molecule has 0 N–H and O–H groups in total. The molecule has 19 heavy (non-hydrogen) atoms. The molecule has 0 aliphatic carbocycles. The van der Waals surface area contributed by atoms with Gasteiger partial charge in [-0.25, -0.2) is 4.98 Å². The zero-order valence-corrected chi connectivity index (χ0v) is 12.7. The molecule has 2 unspecified atom stereocenters. The van der Waals surface area contributed by atoms with Crippen LogP contribution in [0.2, 0.25) is 0 Å². The van der Waals surface area contributed by atoms with Gasteiger partial charge in [0.05, 0.1) is 12.0 Å². The molecule has 102 valence electrons. The van der Waals surface area contributed by atoms with Gasteiger partial charge in [-0.2, -0.15) is 0 Å². The lowest BCUT2D eigenvalue weighted by Crippen LogP contribution is -2.54. The maximum atomic E-state index is 12.8. The Bertz CT molecular complexity index is 534. The standard InChI is InChI=1S/C14H17BrN2O2/c1-3-17-12-10(6-9(15)7-16-12)11-4-5-19-8-14(11,2)13(17)18/h6-7,11H,3-5,8H2,1-2H3. The fourth-order valence-corrected chi connectivity index (χ4v) is 3.59.